The predicted molar refractivity (Wildman–Crippen MR) is 264 cm³/mol. The minimum atomic E-state index is -4.38. The van der Waals surface area contributed by atoms with E-state index in [4.69, 9.17) is 15.0 Å². The number of rotatable bonds is 23. The van der Waals surface area contributed by atoms with Crippen molar-refractivity contribution in [1.82, 2.24) is 20.4 Å². The number of aromatic nitrogens is 1. The van der Waals surface area contributed by atoms with E-state index in [1.165, 1.54) is 13.2 Å². The molecular formula is C50H59BF2N8O7S. The van der Waals surface area contributed by atoms with Crippen LogP contribution in [0, 0.1) is 5.92 Å². The molecule has 3 aromatic carbocycles. The molecule has 0 unspecified atom stereocenters. The highest BCUT2D eigenvalue weighted by Gasteiger charge is 2.54. The quantitative estimate of drug-likeness (QED) is 0.0220. The molecule has 2 aliphatic heterocycles. The van der Waals surface area contributed by atoms with Crippen LogP contribution in [0.2, 0.25) is 0 Å². The van der Waals surface area contributed by atoms with Crippen LogP contribution in [0.15, 0.2) is 124 Å². The number of nitrogens with zero attached hydrogens (tertiary/aromatic N) is 5. The third-order valence-electron chi connectivity index (χ3n) is 12.0. The molecule has 15 nitrogen and oxygen atoms in total. The Morgan fingerprint density at radius 3 is 2.16 bits per heavy atom. The Balaban J connectivity index is 1.20. The summed E-state index contributed by atoms with van der Waals surface area (Å²) in [5, 5.41) is 13.2. The monoisotopic (exact) mass is 964 g/mol. The second kappa shape index (κ2) is 22.9. The Bertz CT molecular complexity index is 2800. The zero-order chi connectivity index (χ0) is 49.9. The van der Waals surface area contributed by atoms with Crippen LogP contribution in [0.4, 0.5) is 8.63 Å². The number of hydrogen-bond acceptors (Lipinski definition) is 8. The van der Waals surface area contributed by atoms with Gasteiger partial charge in [0.1, 0.15) is 29.3 Å². The van der Waals surface area contributed by atoms with Crippen molar-refractivity contribution in [2.45, 2.75) is 84.3 Å². The predicted octanol–water partition coefficient (Wildman–Crippen LogP) is 7.95. The highest BCUT2D eigenvalue weighted by molar-refractivity contribution is 7.93. The zero-order valence-corrected chi connectivity index (χ0v) is 40.5. The van der Waals surface area contributed by atoms with Crippen LogP contribution in [0.5, 0.6) is 11.5 Å². The van der Waals surface area contributed by atoms with Gasteiger partial charge >= 0.3 is 6.97 Å². The molecule has 364 valence electrons. The number of carbonyl (C=O) groups excluding carboxylic acids is 3. The second-order valence-corrected chi connectivity index (χ2v) is 19.6. The van der Waals surface area contributed by atoms with E-state index in [-0.39, 0.29) is 31.6 Å². The number of benzene rings is 3. The highest BCUT2D eigenvalue weighted by atomic mass is 32.2. The Hall–Kier alpha value is -6.98. The summed E-state index contributed by atoms with van der Waals surface area (Å²) in [6.45, 7) is 3.52. The topological polar surface area (TPSA) is 197 Å². The molecule has 0 aliphatic carbocycles. The van der Waals surface area contributed by atoms with Gasteiger partial charge in [-0.25, -0.2) is 8.42 Å². The van der Waals surface area contributed by atoms with Gasteiger partial charge in [0.25, 0.3) is 0 Å². The zero-order valence-electron chi connectivity index (χ0n) is 39.7. The summed E-state index contributed by atoms with van der Waals surface area (Å²) in [5.74, 6) is -0.434. The standard InChI is InChI=1S/C50H59BF2N8O7S/c1-33(2)29-39(25-28-69(6,65)66)56-49(63)45(30-36-11-8-7-9-12-36)58-50(64)44(31-37-13-18-41(67-5)19-14-37)57-48(62)24-22-43-34(3)47-32-40-17-23-46(61(40)51(52,53)60(47)35(43)4)38-15-20-42(21-16-38)68-27-10-26-55-59-54/h7-9,11-21,23,25,28,32-33,39,44-45H,10,22,24,26-27,29-31H2,1-6H3,(H,56,63)(H,57,62)(H,58,64)/b28-25+/t39-,44+,45+/m1/s1. The average molecular weight is 965 g/mol. The van der Waals surface area contributed by atoms with E-state index in [0.717, 1.165) is 26.2 Å². The molecule has 3 amide bonds. The van der Waals surface area contributed by atoms with Crippen LogP contribution in [0.3, 0.4) is 0 Å². The third kappa shape index (κ3) is 13.4. The first kappa shape index (κ1) is 51.4. The van der Waals surface area contributed by atoms with Crippen LogP contribution in [-0.4, -0.2) is 92.4 Å². The summed E-state index contributed by atoms with van der Waals surface area (Å²) in [5.41, 5.74) is 13.0. The minimum Gasteiger partial charge on any atom is -0.497 e. The number of amides is 3. The van der Waals surface area contributed by atoms with Gasteiger partial charge in [-0.1, -0.05) is 67.5 Å². The summed E-state index contributed by atoms with van der Waals surface area (Å²) in [4.78, 5) is 45.1. The third-order valence-corrected chi connectivity index (χ3v) is 12.7. The number of sulfone groups is 1. The summed E-state index contributed by atoms with van der Waals surface area (Å²) in [6.07, 6.45) is 5.30. The Labute approximate surface area is 402 Å². The fourth-order valence-electron chi connectivity index (χ4n) is 8.65. The van der Waals surface area contributed by atoms with Gasteiger partial charge in [0.2, 0.25) is 17.7 Å². The van der Waals surface area contributed by atoms with E-state index in [9.17, 15) is 22.8 Å². The van der Waals surface area contributed by atoms with Crippen molar-refractivity contribution < 1.29 is 45.4 Å². The summed E-state index contributed by atoms with van der Waals surface area (Å²) in [7, 11) is -1.96. The molecule has 0 bridgehead atoms. The van der Waals surface area contributed by atoms with Crippen LogP contribution in [0.1, 0.15) is 70.2 Å². The van der Waals surface area contributed by atoms with Gasteiger partial charge in [-0.15, -0.1) is 0 Å². The van der Waals surface area contributed by atoms with Crippen LogP contribution in [-0.2, 0) is 37.1 Å². The Morgan fingerprint density at radius 1 is 0.884 bits per heavy atom. The van der Waals surface area contributed by atoms with E-state index in [2.05, 4.69) is 26.0 Å². The van der Waals surface area contributed by atoms with Gasteiger partial charge in [0.15, 0.2) is 15.5 Å². The van der Waals surface area contributed by atoms with Gasteiger partial charge in [0.05, 0.1) is 13.7 Å². The first-order chi connectivity index (χ1) is 32.9. The molecule has 3 N–H and O–H groups in total. The second-order valence-electron chi connectivity index (χ2n) is 17.7. The maximum atomic E-state index is 16.9. The lowest BCUT2D eigenvalue weighted by molar-refractivity contribution is -0.362. The first-order valence-corrected chi connectivity index (χ1v) is 24.8. The van der Waals surface area contributed by atoms with Gasteiger partial charge in [0, 0.05) is 84.0 Å². The molecule has 69 heavy (non-hydrogen) atoms. The molecule has 0 fully saturated rings. The number of azide groups is 1. The van der Waals surface area contributed by atoms with E-state index in [0.29, 0.717) is 82.6 Å². The number of allylic oxidation sites excluding steroid dienone is 2. The van der Waals surface area contributed by atoms with Crippen molar-refractivity contribution in [3.8, 4) is 22.8 Å². The van der Waals surface area contributed by atoms with Crippen molar-refractivity contribution in [3.05, 3.63) is 147 Å². The lowest BCUT2D eigenvalue weighted by Gasteiger charge is -2.31. The van der Waals surface area contributed by atoms with Gasteiger partial charge < -0.3 is 43.0 Å². The van der Waals surface area contributed by atoms with Crippen LogP contribution < -0.4 is 25.4 Å². The Kier molecular flexibility index (Phi) is 17.1. The summed E-state index contributed by atoms with van der Waals surface area (Å²) < 4.78 is 71.0. The van der Waals surface area contributed by atoms with Crippen LogP contribution >= 0.6 is 0 Å². The molecule has 0 spiro atoms. The highest BCUT2D eigenvalue weighted by Crippen LogP contribution is 2.41. The molecule has 2 aliphatic rings. The molecule has 0 radical (unpaired) electrons. The molecule has 3 atom stereocenters. The molecule has 19 heteroatoms. The van der Waals surface area contributed by atoms with Crippen LogP contribution in [0.25, 0.3) is 27.8 Å². The molecule has 0 saturated heterocycles. The fourth-order valence-corrected chi connectivity index (χ4v) is 9.12. The smallest absolute Gasteiger partial charge is 0.497 e. The van der Waals surface area contributed by atoms with E-state index in [1.807, 2.05) is 44.2 Å². The molecule has 0 saturated carbocycles. The van der Waals surface area contributed by atoms with E-state index in [1.54, 1.807) is 80.6 Å². The molecule has 1 aromatic heterocycles. The Morgan fingerprint density at radius 2 is 1.52 bits per heavy atom. The average Bonchev–Trinajstić information content (AvgIpc) is 3.85. The number of methoxy groups -OCH3 is 1. The number of carbonyl (C=O) groups is 3. The molecule has 3 heterocycles. The summed E-state index contributed by atoms with van der Waals surface area (Å²) in [6, 6.07) is 23.3. The van der Waals surface area contributed by atoms with Crippen molar-refractivity contribution in [1.29, 1.82) is 0 Å². The van der Waals surface area contributed by atoms with Crippen molar-refractivity contribution in [2.75, 3.05) is 26.5 Å². The lowest BCUT2D eigenvalue weighted by atomic mass is 9.89. The SMILES string of the molecule is COc1ccc(C[C@H](NC(=O)CCC2=C(C)C3=Cc4ccc(-c5ccc(OCCCN=[N+]=[N-])cc5)n4[B-](F)(F)[N+]3=C2C)C(=O)N[C@@H](Cc2ccccc2)C(=O)N[C@H](/C=C/S(C)(=O)=O)CC(C)C)cc1. The molecular weight excluding hydrogens is 905 g/mol. The normalized spacial score (nSPS) is 15.4. The number of ether oxygens (including phenoxy) is 2. The van der Waals surface area contributed by atoms with Crippen molar-refractivity contribution >= 4 is 46.3 Å². The van der Waals surface area contributed by atoms with Gasteiger partial charge in [-0.2, -0.15) is 0 Å². The van der Waals surface area contributed by atoms with Crippen molar-refractivity contribution in [3.63, 3.8) is 0 Å². The number of fused-ring (bicyclic) bond motifs is 2. The maximum absolute atomic E-state index is 16.9. The fraction of sp³-hybridized carbons (Fsp3) is 0.360. The molecule has 6 rings (SSSR count). The minimum absolute atomic E-state index is 0.0476. The largest absolute Gasteiger partial charge is 0.737 e. The van der Waals surface area contributed by atoms with Gasteiger partial charge in [-0.3, -0.25) is 14.4 Å². The summed E-state index contributed by atoms with van der Waals surface area (Å²) >= 11 is 0. The number of hydrogen-bond donors (Lipinski definition) is 3. The number of halogens is 2. The lowest BCUT2D eigenvalue weighted by Crippen LogP contribution is -2.56. The van der Waals surface area contributed by atoms with Crippen molar-refractivity contribution in [2.24, 2.45) is 11.0 Å². The van der Waals surface area contributed by atoms with E-state index < -0.39 is 52.7 Å². The van der Waals surface area contributed by atoms with E-state index >= 15 is 8.63 Å². The van der Waals surface area contributed by atoms with Gasteiger partial charge in [-0.05, 0) is 103 Å². The maximum Gasteiger partial charge on any atom is 0.737 e. The number of nitrogens with one attached hydrogen (secondary N) is 3. The first-order valence-electron chi connectivity index (χ1n) is 22.9. The molecule has 4 aromatic rings.